The maximum atomic E-state index is 14.2. The summed E-state index contributed by atoms with van der Waals surface area (Å²) in [6.45, 7) is 8.17. The van der Waals surface area contributed by atoms with Crippen LogP contribution in [0, 0.1) is 46.5 Å². The molecular formula is C117H100F8N14O11. The van der Waals surface area contributed by atoms with E-state index in [1.54, 1.807) is 90.1 Å². The van der Waals surface area contributed by atoms with Crippen molar-refractivity contribution < 1.29 is 87.9 Å². The van der Waals surface area contributed by atoms with Crippen LogP contribution in [-0.4, -0.2) is 178 Å². The second-order valence-corrected chi connectivity index (χ2v) is 36.6. The number of carbonyl (C=O) groups excluding carboxylic acids is 5. The number of likely N-dealkylation sites (tertiary alicyclic amines) is 1. The molecule has 760 valence electrons. The zero-order valence-corrected chi connectivity index (χ0v) is 81.1. The number of amides is 10. The van der Waals surface area contributed by atoms with Gasteiger partial charge in [0.25, 0.3) is 0 Å². The van der Waals surface area contributed by atoms with Gasteiger partial charge in [0.1, 0.15) is 28.8 Å². The number of fused-ring (bicyclic) bond motifs is 10. The predicted molar refractivity (Wildman–Crippen MR) is 559 cm³/mol. The molecule has 10 aliphatic heterocycles. The number of aliphatic hydroxyl groups excluding tert-OH is 1. The molecule has 0 spiro atoms. The summed E-state index contributed by atoms with van der Waals surface area (Å²) in [7, 11) is 0. The van der Waals surface area contributed by atoms with Crippen LogP contribution >= 0.6 is 0 Å². The molecule has 0 radical (unpaired) electrons. The Balaban J connectivity index is 0.000000110. The van der Waals surface area contributed by atoms with Gasteiger partial charge in [-0.25, -0.2) is 59.1 Å². The summed E-state index contributed by atoms with van der Waals surface area (Å²) < 4.78 is 140. The van der Waals surface area contributed by atoms with Gasteiger partial charge in [-0.15, -0.1) is 0 Å². The van der Waals surface area contributed by atoms with E-state index in [1.165, 1.54) is 45.7 Å². The highest BCUT2D eigenvalue weighted by Crippen LogP contribution is 2.54. The minimum absolute atomic E-state index is 0.0139. The predicted octanol–water partition coefficient (Wildman–Crippen LogP) is 26.0. The third-order valence-electron chi connectivity index (χ3n) is 27.8. The Hall–Kier alpha value is -17.8. The van der Waals surface area contributed by atoms with Gasteiger partial charge in [0, 0.05) is 129 Å². The minimum atomic E-state index is -2.20. The third kappa shape index (κ3) is 20.0. The molecule has 0 saturated carbocycles. The van der Waals surface area contributed by atoms with Crippen molar-refractivity contribution >= 4 is 110 Å². The molecule has 15 aromatic rings. The molecule has 1 N–H and O–H groups in total. The van der Waals surface area contributed by atoms with Crippen molar-refractivity contribution in [3.8, 4) is 57.5 Å². The number of nitrogens with zero attached hydrogens (tertiary/aromatic N) is 14. The summed E-state index contributed by atoms with van der Waals surface area (Å²) in [6, 6.07) is 103. The highest BCUT2D eigenvalue weighted by Gasteiger charge is 2.42. The van der Waals surface area contributed by atoms with E-state index in [1.807, 2.05) is 233 Å². The number of halogens is 8. The summed E-state index contributed by atoms with van der Waals surface area (Å²) in [4.78, 5) is 92.0. The molecule has 150 heavy (non-hydrogen) atoms. The fraction of sp³-hybridized carbons (Fsp3) is 0.188. The summed E-state index contributed by atoms with van der Waals surface area (Å²) >= 11 is 0. The topological polar surface area (TPSA) is 197 Å². The number of aliphatic hydroxyl groups is 1. The van der Waals surface area contributed by atoms with Crippen LogP contribution < -0.4 is 67.8 Å². The third-order valence-corrected chi connectivity index (χ3v) is 27.8. The number of urea groups is 5. The van der Waals surface area contributed by atoms with E-state index < -0.39 is 52.4 Å². The van der Waals surface area contributed by atoms with Crippen molar-refractivity contribution in [2.45, 2.75) is 25.4 Å². The van der Waals surface area contributed by atoms with Gasteiger partial charge in [-0.2, -0.15) is 0 Å². The highest BCUT2D eigenvalue weighted by atomic mass is 19.2. The zero-order chi connectivity index (χ0) is 103. The quantitative estimate of drug-likeness (QED) is 0.0936. The molecule has 0 atom stereocenters. The first-order chi connectivity index (χ1) is 73.3. The summed E-state index contributed by atoms with van der Waals surface area (Å²) in [5.74, 6) is -4.53. The minimum Gasteiger partial charge on any atom is -0.453 e. The van der Waals surface area contributed by atoms with E-state index in [9.17, 15) is 64.2 Å². The van der Waals surface area contributed by atoms with E-state index >= 15 is 0 Å². The standard InChI is InChI=1S/C24H23N3O3.C24H22N2O2.C23H16F5N3O2.C23H19F2N3O2.C23H20FN3O2/c28-17-18-9-11-19(12-10-18)25-13-15-26(16-14-25)24(29)27-20-5-1-3-7-22(20)30-23-8-4-2-6-21(23)27;27-24(25-16-14-19(15-17-25)18-8-2-1-3-9-18)26-20-10-4-6-12-22(20)28-23-13-7-5-11-21(23)26;24-17-18(25)20(27)22(21(28)19(17)26)29-9-11-30(12-10-29)23(32)31-13-5-1-3-7-15(13)33-16-8-4-2-6-14(16)31;24-16-6-5-7-17(25)22(16)26-12-14-27(15-13-26)23(29)28-18-8-1-3-10-20(18)30-21-11-4-2-9-19(21)28;24-17-9-11-18(12-10-17)25-13-15-26(16-14-25)23(28)27-19-5-1-3-7-21(19)29-22-8-4-2-6-20(22)27/h1-12,28H,13-17H2;1-13,19H,14-17H2;1-8H,9-12H2;1-11H,12-15H2;1-12H,13-16H2. The van der Waals surface area contributed by atoms with E-state index in [2.05, 4.69) is 40.1 Å². The monoisotopic (exact) mass is 2030 g/mol. The van der Waals surface area contributed by atoms with Crippen molar-refractivity contribution in [3.63, 3.8) is 0 Å². The first-order valence-corrected chi connectivity index (χ1v) is 49.5. The van der Waals surface area contributed by atoms with Gasteiger partial charge in [0.05, 0.1) is 63.5 Å². The Morgan fingerprint density at radius 3 is 0.707 bits per heavy atom. The maximum Gasteiger partial charge on any atom is 0.329 e. The lowest BCUT2D eigenvalue weighted by atomic mass is 9.89. The first-order valence-electron chi connectivity index (χ1n) is 49.5. The number of piperazine rings is 4. The molecule has 0 aliphatic carbocycles. The average Bonchev–Trinajstić information content (AvgIpc) is 0.768. The lowest BCUT2D eigenvalue weighted by Crippen LogP contribution is -2.52. The molecule has 0 unspecified atom stereocenters. The number of ether oxygens (including phenoxy) is 5. The molecule has 0 aromatic heterocycles. The lowest BCUT2D eigenvalue weighted by Gasteiger charge is -2.40. The van der Waals surface area contributed by atoms with Crippen LogP contribution in [0.15, 0.2) is 340 Å². The number of hydrogen-bond acceptors (Lipinski definition) is 15. The maximum absolute atomic E-state index is 14.2. The van der Waals surface area contributed by atoms with Gasteiger partial charge in [-0.05, 0) is 200 Å². The van der Waals surface area contributed by atoms with Gasteiger partial charge in [0.15, 0.2) is 80.8 Å². The van der Waals surface area contributed by atoms with E-state index in [4.69, 9.17) is 23.7 Å². The molecule has 15 aromatic carbocycles. The molecule has 10 amide bonds. The average molecular weight is 2030 g/mol. The van der Waals surface area contributed by atoms with E-state index in [-0.39, 0.29) is 68.4 Å². The van der Waals surface area contributed by atoms with Gasteiger partial charge in [0.2, 0.25) is 5.82 Å². The Bertz CT molecular complexity index is 7240. The molecule has 33 heteroatoms. The van der Waals surface area contributed by atoms with Crippen molar-refractivity contribution in [3.05, 3.63) is 397 Å². The van der Waals surface area contributed by atoms with Crippen LogP contribution in [-0.2, 0) is 6.61 Å². The molecule has 10 heterocycles. The van der Waals surface area contributed by atoms with E-state index in [0.29, 0.717) is 152 Å². The number of piperidine rings is 1. The highest BCUT2D eigenvalue weighted by molar-refractivity contribution is 6.08. The smallest absolute Gasteiger partial charge is 0.329 e. The number of benzene rings is 15. The van der Waals surface area contributed by atoms with E-state index in [0.717, 1.165) is 95.0 Å². The second kappa shape index (κ2) is 43.5. The van der Waals surface area contributed by atoms with Crippen LogP contribution in [0.3, 0.4) is 0 Å². The molecule has 25 rings (SSSR count). The zero-order valence-electron chi connectivity index (χ0n) is 81.1. The van der Waals surface area contributed by atoms with Crippen LogP contribution in [0.1, 0.15) is 29.9 Å². The largest absolute Gasteiger partial charge is 0.453 e. The van der Waals surface area contributed by atoms with Crippen molar-refractivity contribution in [2.75, 3.05) is 162 Å². The number of rotatable bonds is 6. The van der Waals surface area contributed by atoms with Crippen LogP contribution in [0.25, 0.3) is 0 Å². The molecule has 5 fully saturated rings. The molecule has 0 bridgehead atoms. The molecule has 25 nitrogen and oxygen atoms in total. The SMILES string of the molecule is O=C(N1CCC(c2ccccc2)CC1)N1c2ccccc2Oc2ccccc21.O=C(N1CCN(c2c(F)c(F)c(F)c(F)c2F)CC1)N1c2ccccc2Oc2ccccc21.O=C(N1CCN(c2c(F)cccc2F)CC1)N1c2ccccc2Oc2ccccc21.O=C(N1CCN(c2ccc(CO)cc2)CC1)N1c2ccccc2Oc2ccccc21.O=C(N1CCN(c2ccc(F)cc2)CC1)N1c2ccccc2Oc2ccccc21. The summed E-state index contributed by atoms with van der Waals surface area (Å²) in [5.41, 5.74) is 10.4. The second-order valence-electron chi connectivity index (χ2n) is 36.6. The first kappa shape index (κ1) is 98.3. The Kier molecular flexibility index (Phi) is 28.5. The lowest BCUT2D eigenvalue weighted by molar-refractivity contribution is 0.189. The number of hydrogen-bond donors (Lipinski definition) is 1. The normalized spacial score (nSPS) is 15.4. The van der Waals surface area contributed by atoms with Gasteiger partial charge >= 0.3 is 30.2 Å². The van der Waals surface area contributed by atoms with Crippen LogP contribution in [0.5, 0.6) is 57.5 Å². The molecular weight excluding hydrogens is 1930 g/mol. The van der Waals surface area contributed by atoms with Gasteiger partial charge in [-0.3, -0.25) is 24.5 Å². The Morgan fingerprint density at radius 2 is 0.447 bits per heavy atom. The molecule has 10 aliphatic rings. The van der Waals surface area contributed by atoms with Crippen molar-refractivity contribution in [2.24, 2.45) is 0 Å². The fourth-order valence-electron chi connectivity index (χ4n) is 20.1. The van der Waals surface area contributed by atoms with Crippen LogP contribution in [0.2, 0.25) is 0 Å². The fourth-order valence-corrected chi connectivity index (χ4v) is 20.1. The van der Waals surface area contributed by atoms with Gasteiger partial charge in [-0.1, -0.05) is 170 Å². The molecule has 5 saturated heterocycles. The van der Waals surface area contributed by atoms with Crippen molar-refractivity contribution in [1.29, 1.82) is 0 Å². The Labute approximate surface area is 859 Å². The van der Waals surface area contributed by atoms with Crippen molar-refractivity contribution in [1.82, 2.24) is 24.5 Å². The number of para-hydroxylation sites is 21. The Morgan fingerprint density at radius 1 is 0.227 bits per heavy atom. The van der Waals surface area contributed by atoms with Crippen LogP contribution in [0.4, 0.5) is 139 Å². The number of anilines is 14. The summed E-state index contributed by atoms with van der Waals surface area (Å²) in [6.07, 6.45) is 1.98. The summed E-state index contributed by atoms with van der Waals surface area (Å²) in [5, 5.41) is 9.23. The number of carbonyl (C=O) groups is 5. The van der Waals surface area contributed by atoms with Gasteiger partial charge < -0.3 is 72.9 Å².